The molecule has 0 radical (unpaired) electrons. The van der Waals surface area contributed by atoms with Gasteiger partial charge in [0.1, 0.15) is 5.82 Å². The van der Waals surface area contributed by atoms with Gasteiger partial charge in [-0.2, -0.15) is 0 Å². The van der Waals surface area contributed by atoms with Crippen molar-refractivity contribution in [3.8, 4) is 0 Å². The molecule has 1 aromatic rings. The Morgan fingerprint density at radius 1 is 1.28 bits per heavy atom. The van der Waals surface area contributed by atoms with E-state index in [4.69, 9.17) is 17.3 Å². The molecule has 3 heterocycles. The molecule has 0 spiro atoms. The summed E-state index contributed by atoms with van der Waals surface area (Å²) in [5, 5.41) is 0.704. The topological polar surface area (TPSA) is 47.1 Å². The minimum Gasteiger partial charge on any atom is -0.329 e. The molecule has 0 amide bonds. The lowest BCUT2D eigenvalue weighted by Gasteiger charge is -2.30. The van der Waals surface area contributed by atoms with Gasteiger partial charge in [0, 0.05) is 18.5 Å². The average molecular weight is 269 g/mol. The summed E-state index contributed by atoms with van der Waals surface area (Å²) in [6.45, 7) is 3.18. The predicted molar refractivity (Wildman–Crippen MR) is 73.0 cm³/mol. The fourth-order valence-electron chi connectivity index (χ4n) is 3.14. The minimum absolute atomic E-state index is 0.257. The molecule has 0 saturated carbocycles. The molecule has 2 N–H and O–H groups in total. The fraction of sp³-hybridized carbons (Fsp3) is 0.769. The summed E-state index contributed by atoms with van der Waals surface area (Å²) >= 11 is 6.28. The summed E-state index contributed by atoms with van der Waals surface area (Å²) in [6.07, 6.45) is 4.36. The number of nitrogens with two attached hydrogens (primary N) is 1. The van der Waals surface area contributed by atoms with Gasteiger partial charge in [-0.25, -0.2) is 4.98 Å². The number of hydrogen-bond acceptors (Lipinski definition) is 3. The van der Waals surface area contributed by atoms with Crippen molar-refractivity contribution in [3.05, 3.63) is 16.7 Å². The molecule has 5 heteroatoms. The maximum absolute atomic E-state index is 6.28. The smallest absolute Gasteiger partial charge is 0.150 e. The second-order valence-corrected chi connectivity index (χ2v) is 6.05. The largest absolute Gasteiger partial charge is 0.329 e. The van der Waals surface area contributed by atoms with Gasteiger partial charge in [0.05, 0.1) is 5.69 Å². The summed E-state index contributed by atoms with van der Waals surface area (Å²) in [4.78, 5) is 7.01. The summed E-state index contributed by atoms with van der Waals surface area (Å²) < 4.78 is 2.30. The van der Waals surface area contributed by atoms with Crippen molar-refractivity contribution in [2.45, 2.75) is 44.2 Å². The van der Waals surface area contributed by atoms with Crippen molar-refractivity contribution < 1.29 is 0 Å². The van der Waals surface area contributed by atoms with Crippen LogP contribution in [-0.2, 0) is 13.0 Å². The Kier molecular flexibility index (Phi) is 3.34. The highest BCUT2D eigenvalue weighted by molar-refractivity contribution is 6.30. The highest BCUT2D eigenvalue weighted by Crippen LogP contribution is 2.32. The van der Waals surface area contributed by atoms with E-state index in [0.29, 0.717) is 11.1 Å². The maximum Gasteiger partial charge on any atom is 0.150 e. The first kappa shape index (κ1) is 12.5. The third-order valence-electron chi connectivity index (χ3n) is 4.31. The van der Waals surface area contributed by atoms with E-state index in [1.54, 1.807) is 0 Å². The molecule has 2 aliphatic rings. The van der Waals surface area contributed by atoms with E-state index in [1.807, 2.05) is 0 Å². The number of aromatic nitrogens is 2. The van der Waals surface area contributed by atoms with E-state index >= 15 is 0 Å². The van der Waals surface area contributed by atoms with Gasteiger partial charge in [-0.05, 0) is 45.8 Å². The van der Waals surface area contributed by atoms with Crippen molar-refractivity contribution in [2.24, 2.45) is 5.73 Å². The second-order valence-electron chi connectivity index (χ2n) is 5.69. The Balaban J connectivity index is 1.88. The van der Waals surface area contributed by atoms with Gasteiger partial charge in [-0.15, -0.1) is 0 Å². The zero-order valence-electron chi connectivity index (χ0n) is 10.9. The molecule has 4 nitrogen and oxygen atoms in total. The molecular weight excluding hydrogens is 248 g/mol. The first-order valence-electron chi connectivity index (χ1n) is 6.84. The van der Waals surface area contributed by atoms with Crippen molar-refractivity contribution in [3.63, 3.8) is 0 Å². The molecule has 1 atom stereocenters. The summed E-state index contributed by atoms with van der Waals surface area (Å²) in [7, 11) is 2.18. The lowest BCUT2D eigenvalue weighted by Crippen LogP contribution is -2.35. The average Bonchev–Trinajstić information content (AvgIpc) is 2.67. The van der Waals surface area contributed by atoms with Crippen molar-refractivity contribution in [1.82, 2.24) is 14.5 Å². The van der Waals surface area contributed by atoms with Crippen LogP contribution in [0.3, 0.4) is 0 Å². The molecule has 18 heavy (non-hydrogen) atoms. The molecule has 0 aromatic carbocycles. The molecule has 1 saturated heterocycles. The minimum atomic E-state index is 0.257. The van der Waals surface area contributed by atoms with Crippen LogP contribution in [-0.4, -0.2) is 40.6 Å². The van der Waals surface area contributed by atoms with Gasteiger partial charge in [0.15, 0.2) is 5.15 Å². The van der Waals surface area contributed by atoms with Gasteiger partial charge in [-0.1, -0.05) is 11.6 Å². The standard InChI is InChI=1S/C13H21ClN4/c1-17-6-4-9(5-7-17)13-16-12(14)11-3-2-10(15)8-18(11)13/h9-10H,2-8,15H2,1H3. The predicted octanol–water partition coefficient (Wildman–Crippen LogP) is 1.62. The number of rotatable bonds is 1. The van der Waals surface area contributed by atoms with Gasteiger partial charge in [0.25, 0.3) is 0 Å². The normalized spacial score (nSPS) is 26.3. The van der Waals surface area contributed by atoms with Crippen LogP contribution in [0, 0.1) is 0 Å². The molecule has 0 bridgehead atoms. The van der Waals surface area contributed by atoms with Crippen LogP contribution in [0.5, 0.6) is 0 Å². The van der Waals surface area contributed by atoms with Gasteiger partial charge >= 0.3 is 0 Å². The van der Waals surface area contributed by atoms with Crippen LogP contribution < -0.4 is 5.73 Å². The molecule has 1 unspecified atom stereocenters. The van der Waals surface area contributed by atoms with E-state index in [2.05, 4.69) is 21.5 Å². The first-order valence-corrected chi connectivity index (χ1v) is 7.22. The zero-order valence-corrected chi connectivity index (χ0v) is 11.7. The molecule has 3 rings (SSSR count). The lowest BCUT2D eigenvalue weighted by molar-refractivity contribution is 0.247. The number of imidazole rings is 1. The second kappa shape index (κ2) is 4.83. The highest BCUT2D eigenvalue weighted by atomic mass is 35.5. The quantitative estimate of drug-likeness (QED) is 0.842. The van der Waals surface area contributed by atoms with Crippen LogP contribution in [0.25, 0.3) is 0 Å². The van der Waals surface area contributed by atoms with E-state index in [9.17, 15) is 0 Å². The third kappa shape index (κ3) is 2.17. The van der Waals surface area contributed by atoms with Gasteiger partial charge < -0.3 is 15.2 Å². The van der Waals surface area contributed by atoms with Crippen LogP contribution in [0.15, 0.2) is 0 Å². The highest BCUT2D eigenvalue weighted by Gasteiger charge is 2.28. The number of hydrogen-bond donors (Lipinski definition) is 1. The summed E-state index contributed by atoms with van der Waals surface area (Å²) in [5.41, 5.74) is 7.28. The Morgan fingerprint density at radius 3 is 2.72 bits per heavy atom. The molecule has 1 fully saturated rings. The van der Waals surface area contributed by atoms with Gasteiger partial charge in [0.2, 0.25) is 0 Å². The number of nitrogens with zero attached hydrogens (tertiary/aromatic N) is 3. The Bertz CT molecular complexity index is 434. The van der Waals surface area contributed by atoms with E-state index in [1.165, 1.54) is 24.4 Å². The molecular formula is C13H21ClN4. The number of halogens is 1. The van der Waals surface area contributed by atoms with Gasteiger partial charge in [-0.3, -0.25) is 0 Å². The van der Waals surface area contributed by atoms with Crippen LogP contribution in [0.4, 0.5) is 0 Å². The first-order chi connectivity index (χ1) is 8.65. The number of piperidine rings is 1. The maximum atomic E-state index is 6.28. The number of fused-ring (bicyclic) bond motifs is 1. The van der Waals surface area contributed by atoms with E-state index in [0.717, 1.165) is 32.5 Å². The van der Waals surface area contributed by atoms with Crippen molar-refractivity contribution in [2.75, 3.05) is 20.1 Å². The monoisotopic (exact) mass is 268 g/mol. The fourth-order valence-corrected chi connectivity index (χ4v) is 3.43. The van der Waals surface area contributed by atoms with Crippen molar-refractivity contribution >= 4 is 11.6 Å². The molecule has 1 aromatic heterocycles. The van der Waals surface area contributed by atoms with Crippen molar-refractivity contribution in [1.29, 1.82) is 0 Å². The zero-order chi connectivity index (χ0) is 12.7. The van der Waals surface area contributed by atoms with Crippen LogP contribution in [0.2, 0.25) is 5.15 Å². The Hall–Kier alpha value is -0.580. The van der Waals surface area contributed by atoms with E-state index < -0.39 is 0 Å². The van der Waals surface area contributed by atoms with E-state index in [-0.39, 0.29) is 6.04 Å². The Morgan fingerprint density at radius 2 is 2.00 bits per heavy atom. The SMILES string of the molecule is CN1CCC(c2nc(Cl)c3n2CC(N)CC3)CC1. The number of likely N-dealkylation sites (tertiary alicyclic amines) is 1. The molecule has 0 aliphatic carbocycles. The summed E-state index contributed by atoms with van der Waals surface area (Å²) in [5.74, 6) is 1.73. The third-order valence-corrected chi connectivity index (χ3v) is 4.61. The molecule has 2 aliphatic heterocycles. The lowest BCUT2D eigenvalue weighted by atomic mass is 9.95. The van der Waals surface area contributed by atoms with Crippen LogP contribution in [0.1, 0.15) is 36.7 Å². The van der Waals surface area contributed by atoms with Crippen LogP contribution >= 0.6 is 11.6 Å². The Labute approximate surface area is 113 Å². The summed E-state index contributed by atoms with van der Waals surface area (Å²) in [6, 6.07) is 0.257. The molecule has 100 valence electrons.